The van der Waals surface area contributed by atoms with Gasteiger partial charge in [0.25, 0.3) is 0 Å². The van der Waals surface area contributed by atoms with E-state index in [0.717, 1.165) is 11.2 Å². The van der Waals surface area contributed by atoms with Gasteiger partial charge in [0.1, 0.15) is 6.29 Å². The van der Waals surface area contributed by atoms with Crippen molar-refractivity contribution in [1.29, 1.82) is 0 Å². The molecule has 0 aliphatic heterocycles. The van der Waals surface area contributed by atoms with Crippen LogP contribution in [0.2, 0.25) is 0 Å². The second kappa shape index (κ2) is 4.97. The Morgan fingerprint density at radius 3 is 2.20 bits per heavy atom. The standard InChI is InChI=1S/C7H6OS.Na.H/c8-5-6-1-3-7(9)4-2-6;;/h1-5,9H;;/q;+1;-1. The Labute approximate surface area is 89.0 Å². The Balaban J connectivity index is 0. The zero-order chi connectivity index (χ0) is 6.69. The first-order valence-electron chi connectivity index (χ1n) is 2.57. The molecule has 1 aromatic carbocycles. The number of aldehydes is 1. The maximum Gasteiger partial charge on any atom is 1.00 e. The molecule has 0 saturated carbocycles. The van der Waals surface area contributed by atoms with Crippen LogP contribution >= 0.6 is 12.6 Å². The summed E-state index contributed by atoms with van der Waals surface area (Å²) in [6.07, 6.45) is 0.813. The van der Waals surface area contributed by atoms with Gasteiger partial charge >= 0.3 is 29.6 Å². The Morgan fingerprint density at radius 1 is 1.30 bits per heavy atom. The van der Waals surface area contributed by atoms with E-state index in [1.807, 2.05) is 0 Å². The zero-order valence-corrected chi connectivity index (χ0v) is 8.64. The molecule has 0 aliphatic carbocycles. The molecule has 1 nitrogen and oxygen atoms in total. The van der Waals surface area contributed by atoms with E-state index >= 15 is 0 Å². The maximum absolute atomic E-state index is 10.1. The average Bonchev–Trinajstić information content (AvgIpc) is 1.90. The first-order chi connectivity index (χ1) is 4.33. The fourth-order valence-corrected chi connectivity index (χ4v) is 0.702. The second-order valence-corrected chi connectivity index (χ2v) is 2.23. The number of thiol groups is 1. The van der Waals surface area contributed by atoms with Gasteiger partial charge in [0, 0.05) is 10.5 Å². The van der Waals surface area contributed by atoms with Crippen molar-refractivity contribution in [3.63, 3.8) is 0 Å². The normalized spacial score (nSPS) is 8.10. The Kier molecular flexibility index (Phi) is 5.09. The molecule has 0 atom stereocenters. The fraction of sp³-hybridized carbons (Fsp3) is 0. The summed E-state index contributed by atoms with van der Waals surface area (Å²) in [5.74, 6) is 0. The number of benzene rings is 1. The van der Waals surface area contributed by atoms with Gasteiger partial charge in [-0.05, 0) is 12.1 Å². The smallest absolute Gasteiger partial charge is 1.00 e. The van der Waals surface area contributed by atoms with E-state index in [0.29, 0.717) is 5.56 Å². The molecular weight excluding hydrogens is 155 g/mol. The third kappa shape index (κ3) is 2.88. The van der Waals surface area contributed by atoms with Gasteiger partial charge in [0.15, 0.2) is 0 Å². The summed E-state index contributed by atoms with van der Waals surface area (Å²) in [6.45, 7) is 0. The van der Waals surface area contributed by atoms with Crippen molar-refractivity contribution >= 4 is 18.9 Å². The molecule has 0 saturated heterocycles. The first kappa shape index (κ1) is 10.2. The molecule has 0 aromatic heterocycles. The van der Waals surface area contributed by atoms with E-state index in [2.05, 4.69) is 12.6 Å². The summed E-state index contributed by atoms with van der Waals surface area (Å²) in [7, 11) is 0. The van der Waals surface area contributed by atoms with Crippen LogP contribution in [-0.2, 0) is 0 Å². The summed E-state index contributed by atoms with van der Waals surface area (Å²) in [5, 5.41) is 0. The number of rotatable bonds is 1. The van der Waals surface area contributed by atoms with Gasteiger partial charge in [-0.3, -0.25) is 4.79 Å². The van der Waals surface area contributed by atoms with E-state index < -0.39 is 0 Å². The average molecular weight is 162 g/mol. The SMILES string of the molecule is O=Cc1ccc(S)cc1.[H-].[Na+]. The molecule has 48 valence electrons. The van der Waals surface area contributed by atoms with Gasteiger partial charge in [-0.15, -0.1) is 12.6 Å². The molecule has 0 heterocycles. The molecule has 0 aliphatic rings. The van der Waals surface area contributed by atoms with Crippen molar-refractivity contribution in [3.05, 3.63) is 29.8 Å². The molecule has 0 bridgehead atoms. The Bertz CT molecular complexity index is 212. The Hall–Kier alpha value is 0.240. The molecule has 0 fully saturated rings. The van der Waals surface area contributed by atoms with Crippen molar-refractivity contribution in [2.24, 2.45) is 0 Å². The van der Waals surface area contributed by atoms with E-state index in [-0.39, 0.29) is 31.0 Å². The molecule has 1 aromatic rings. The summed E-state index contributed by atoms with van der Waals surface area (Å²) < 4.78 is 0. The quantitative estimate of drug-likeness (QED) is 0.315. The molecule has 0 spiro atoms. The molecule has 1 rings (SSSR count). The van der Waals surface area contributed by atoms with Gasteiger partial charge in [0.2, 0.25) is 0 Å². The van der Waals surface area contributed by atoms with Crippen LogP contribution in [0.4, 0.5) is 0 Å². The van der Waals surface area contributed by atoms with Crippen molar-refractivity contribution in [1.82, 2.24) is 0 Å². The molecule has 0 radical (unpaired) electrons. The third-order valence-electron chi connectivity index (χ3n) is 1.03. The molecule has 0 N–H and O–H groups in total. The first-order valence-corrected chi connectivity index (χ1v) is 3.02. The topological polar surface area (TPSA) is 17.1 Å². The third-order valence-corrected chi connectivity index (χ3v) is 1.33. The number of hydrogen-bond donors (Lipinski definition) is 1. The molecule has 10 heavy (non-hydrogen) atoms. The monoisotopic (exact) mass is 162 g/mol. The largest absolute Gasteiger partial charge is 1.00 e. The van der Waals surface area contributed by atoms with Crippen molar-refractivity contribution in [2.75, 3.05) is 0 Å². The van der Waals surface area contributed by atoms with Crippen LogP contribution < -0.4 is 29.6 Å². The van der Waals surface area contributed by atoms with E-state index in [1.165, 1.54) is 0 Å². The van der Waals surface area contributed by atoms with Crippen molar-refractivity contribution < 1.29 is 35.8 Å². The van der Waals surface area contributed by atoms with Crippen molar-refractivity contribution in [2.45, 2.75) is 4.90 Å². The molecule has 3 heteroatoms. The predicted octanol–water partition coefficient (Wildman–Crippen LogP) is -1.10. The van der Waals surface area contributed by atoms with E-state index in [1.54, 1.807) is 24.3 Å². The van der Waals surface area contributed by atoms with Gasteiger partial charge in [-0.1, -0.05) is 12.1 Å². The van der Waals surface area contributed by atoms with Crippen LogP contribution in [0.25, 0.3) is 0 Å². The fourth-order valence-electron chi connectivity index (χ4n) is 0.553. The minimum atomic E-state index is 0. The summed E-state index contributed by atoms with van der Waals surface area (Å²) in [6, 6.07) is 7.03. The number of hydrogen-bond acceptors (Lipinski definition) is 2. The van der Waals surface area contributed by atoms with Crippen LogP contribution in [-0.4, -0.2) is 6.29 Å². The van der Waals surface area contributed by atoms with Crippen LogP contribution in [0, 0.1) is 0 Å². The minimum absolute atomic E-state index is 0. The van der Waals surface area contributed by atoms with Crippen LogP contribution in [0.1, 0.15) is 11.8 Å². The number of carbonyl (C=O) groups is 1. The van der Waals surface area contributed by atoms with Gasteiger partial charge < -0.3 is 1.43 Å². The Morgan fingerprint density at radius 2 is 1.80 bits per heavy atom. The van der Waals surface area contributed by atoms with E-state index in [9.17, 15) is 4.79 Å². The summed E-state index contributed by atoms with van der Waals surface area (Å²) in [5.41, 5.74) is 0.688. The molecule has 0 amide bonds. The maximum atomic E-state index is 10.1. The van der Waals surface area contributed by atoms with Crippen LogP contribution in [0.15, 0.2) is 29.2 Å². The number of carbonyl (C=O) groups excluding carboxylic acids is 1. The van der Waals surface area contributed by atoms with Gasteiger partial charge in [-0.2, -0.15) is 0 Å². The second-order valence-electron chi connectivity index (χ2n) is 1.71. The zero-order valence-electron chi connectivity index (χ0n) is 6.74. The van der Waals surface area contributed by atoms with E-state index in [4.69, 9.17) is 0 Å². The molecule has 0 unspecified atom stereocenters. The predicted molar refractivity (Wildman–Crippen MR) is 40.2 cm³/mol. The van der Waals surface area contributed by atoms with Gasteiger partial charge in [-0.25, -0.2) is 0 Å². The van der Waals surface area contributed by atoms with Gasteiger partial charge in [0.05, 0.1) is 0 Å². The minimum Gasteiger partial charge on any atom is -1.00 e. The van der Waals surface area contributed by atoms with Crippen LogP contribution in [0.3, 0.4) is 0 Å². The van der Waals surface area contributed by atoms with Crippen LogP contribution in [0.5, 0.6) is 0 Å². The van der Waals surface area contributed by atoms with Crippen molar-refractivity contribution in [3.8, 4) is 0 Å². The summed E-state index contributed by atoms with van der Waals surface area (Å²) in [4.78, 5) is 11.0. The summed E-state index contributed by atoms with van der Waals surface area (Å²) >= 11 is 4.05. The molecular formula is C7H7NaOS.